The molecular formula is C14H32N4. The Morgan fingerprint density at radius 3 is 2.22 bits per heavy atom. The van der Waals surface area contributed by atoms with Crippen molar-refractivity contribution in [3.8, 4) is 0 Å². The first-order valence-corrected chi connectivity index (χ1v) is 7.34. The zero-order chi connectivity index (χ0) is 13.6. The molecule has 0 aliphatic carbocycles. The van der Waals surface area contributed by atoms with Crippen LogP contribution in [0.3, 0.4) is 0 Å². The number of hydrogen-bond donors (Lipinski definition) is 1. The predicted octanol–water partition coefficient (Wildman–Crippen LogP) is 0.683. The Hall–Kier alpha value is -0.160. The molecule has 1 atom stereocenters. The van der Waals surface area contributed by atoms with Crippen molar-refractivity contribution in [2.75, 3.05) is 59.9 Å². The van der Waals surface area contributed by atoms with Crippen LogP contribution in [0, 0.1) is 0 Å². The SMILES string of the molecule is CCCC(C)(CN)N1CCN(CCN(C)C)CC1. The van der Waals surface area contributed by atoms with Gasteiger partial charge in [-0.2, -0.15) is 0 Å². The van der Waals surface area contributed by atoms with Gasteiger partial charge in [0, 0.05) is 51.4 Å². The van der Waals surface area contributed by atoms with Crippen molar-refractivity contribution in [1.29, 1.82) is 0 Å². The van der Waals surface area contributed by atoms with Gasteiger partial charge >= 0.3 is 0 Å². The Labute approximate surface area is 113 Å². The molecule has 1 heterocycles. The quantitative estimate of drug-likeness (QED) is 0.727. The smallest absolute Gasteiger partial charge is 0.0304 e. The van der Waals surface area contributed by atoms with Crippen LogP contribution >= 0.6 is 0 Å². The zero-order valence-corrected chi connectivity index (χ0v) is 12.8. The number of hydrogen-bond acceptors (Lipinski definition) is 4. The summed E-state index contributed by atoms with van der Waals surface area (Å²) in [7, 11) is 4.28. The topological polar surface area (TPSA) is 35.7 Å². The fraction of sp³-hybridized carbons (Fsp3) is 1.00. The van der Waals surface area contributed by atoms with Crippen molar-refractivity contribution in [1.82, 2.24) is 14.7 Å². The summed E-state index contributed by atoms with van der Waals surface area (Å²) in [6.45, 7) is 12.4. The van der Waals surface area contributed by atoms with E-state index in [1.54, 1.807) is 0 Å². The van der Waals surface area contributed by atoms with Gasteiger partial charge in [0.1, 0.15) is 0 Å². The average molecular weight is 256 g/mol. The minimum atomic E-state index is 0.211. The van der Waals surface area contributed by atoms with E-state index in [0.29, 0.717) is 0 Å². The average Bonchev–Trinajstić information content (AvgIpc) is 2.37. The van der Waals surface area contributed by atoms with Gasteiger partial charge in [-0.3, -0.25) is 9.80 Å². The highest BCUT2D eigenvalue weighted by Gasteiger charge is 2.31. The largest absolute Gasteiger partial charge is 0.329 e. The van der Waals surface area contributed by atoms with E-state index in [9.17, 15) is 0 Å². The van der Waals surface area contributed by atoms with Crippen LogP contribution in [0.4, 0.5) is 0 Å². The molecule has 108 valence electrons. The minimum absolute atomic E-state index is 0.211. The lowest BCUT2D eigenvalue weighted by Gasteiger charge is -2.45. The molecule has 0 amide bonds. The van der Waals surface area contributed by atoms with Crippen molar-refractivity contribution in [3.05, 3.63) is 0 Å². The van der Waals surface area contributed by atoms with Crippen molar-refractivity contribution in [2.24, 2.45) is 5.73 Å². The van der Waals surface area contributed by atoms with E-state index < -0.39 is 0 Å². The molecule has 0 aromatic heterocycles. The van der Waals surface area contributed by atoms with Gasteiger partial charge in [-0.1, -0.05) is 13.3 Å². The Bertz CT molecular complexity index is 224. The highest BCUT2D eigenvalue weighted by atomic mass is 15.3. The Balaban J connectivity index is 2.38. The maximum atomic E-state index is 6.00. The molecular weight excluding hydrogens is 224 g/mol. The number of likely N-dealkylation sites (N-methyl/N-ethyl adjacent to an activating group) is 1. The highest BCUT2D eigenvalue weighted by molar-refractivity contribution is 4.90. The van der Waals surface area contributed by atoms with Gasteiger partial charge in [0.25, 0.3) is 0 Å². The van der Waals surface area contributed by atoms with Crippen LogP contribution in [0.2, 0.25) is 0 Å². The fourth-order valence-corrected chi connectivity index (χ4v) is 2.78. The standard InChI is InChI=1S/C14H32N4/c1-5-6-14(2,13-15)18-11-9-17(10-12-18)8-7-16(3)4/h5-13,15H2,1-4H3. The highest BCUT2D eigenvalue weighted by Crippen LogP contribution is 2.21. The van der Waals surface area contributed by atoms with Gasteiger partial charge < -0.3 is 10.6 Å². The molecule has 1 fully saturated rings. The molecule has 0 aromatic rings. The van der Waals surface area contributed by atoms with Crippen molar-refractivity contribution < 1.29 is 0 Å². The van der Waals surface area contributed by atoms with Crippen LogP contribution < -0.4 is 5.73 Å². The maximum absolute atomic E-state index is 6.00. The molecule has 1 aliphatic rings. The molecule has 18 heavy (non-hydrogen) atoms. The monoisotopic (exact) mass is 256 g/mol. The number of piperazine rings is 1. The second-order valence-electron chi connectivity index (χ2n) is 6.08. The molecule has 1 rings (SSSR count). The molecule has 2 N–H and O–H groups in total. The van der Waals surface area contributed by atoms with Crippen LogP contribution in [0.15, 0.2) is 0 Å². The lowest BCUT2D eigenvalue weighted by Crippen LogP contribution is -2.59. The molecule has 1 aliphatic heterocycles. The van der Waals surface area contributed by atoms with Gasteiger partial charge in [-0.15, -0.1) is 0 Å². The van der Waals surface area contributed by atoms with Crippen LogP contribution in [-0.2, 0) is 0 Å². The number of nitrogens with zero attached hydrogens (tertiary/aromatic N) is 3. The summed E-state index contributed by atoms with van der Waals surface area (Å²) >= 11 is 0. The van der Waals surface area contributed by atoms with Crippen LogP contribution in [0.25, 0.3) is 0 Å². The Kier molecular flexibility index (Phi) is 6.57. The molecule has 1 saturated heterocycles. The van der Waals surface area contributed by atoms with Crippen molar-refractivity contribution in [3.63, 3.8) is 0 Å². The fourth-order valence-electron chi connectivity index (χ4n) is 2.78. The first-order chi connectivity index (χ1) is 8.51. The number of nitrogens with two attached hydrogens (primary N) is 1. The molecule has 0 radical (unpaired) electrons. The Morgan fingerprint density at radius 1 is 1.17 bits per heavy atom. The van der Waals surface area contributed by atoms with E-state index in [1.807, 2.05) is 0 Å². The second-order valence-corrected chi connectivity index (χ2v) is 6.08. The summed E-state index contributed by atoms with van der Waals surface area (Å²) in [6.07, 6.45) is 2.43. The summed E-state index contributed by atoms with van der Waals surface area (Å²) in [4.78, 5) is 7.43. The van der Waals surface area contributed by atoms with Crippen LogP contribution in [-0.4, -0.2) is 80.1 Å². The summed E-state index contributed by atoms with van der Waals surface area (Å²) in [5.41, 5.74) is 6.21. The normalized spacial score (nSPS) is 22.3. The van der Waals surface area contributed by atoms with Gasteiger partial charge in [0.05, 0.1) is 0 Å². The van der Waals surface area contributed by atoms with E-state index in [2.05, 4.69) is 42.6 Å². The summed E-state index contributed by atoms with van der Waals surface area (Å²) in [5, 5.41) is 0. The minimum Gasteiger partial charge on any atom is -0.329 e. The second kappa shape index (κ2) is 7.43. The third-order valence-electron chi connectivity index (χ3n) is 4.23. The molecule has 0 bridgehead atoms. The van der Waals surface area contributed by atoms with Gasteiger partial charge in [0.2, 0.25) is 0 Å². The molecule has 0 spiro atoms. The van der Waals surface area contributed by atoms with E-state index in [-0.39, 0.29) is 5.54 Å². The van der Waals surface area contributed by atoms with Crippen molar-refractivity contribution >= 4 is 0 Å². The summed E-state index contributed by atoms with van der Waals surface area (Å²) in [6, 6.07) is 0. The van der Waals surface area contributed by atoms with Crippen molar-refractivity contribution in [2.45, 2.75) is 32.2 Å². The van der Waals surface area contributed by atoms with Gasteiger partial charge in [-0.05, 0) is 27.4 Å². The molecule has 0 aromatic carbocycles. The molecule has 0 saturated carbocycles. The lowest BCUT2D eigenvalue weighted by atomic mass is 9.93. The van der Waals surface area contributed by atoms with Gasteiger partial charge in [0.15, 0.2) is 0 Å². The van der Waals surface area contributed by atoms with E-state index in [4.69, 9.17) is 5.73 Å². The van der Waals surface area contributed by atoms with E-state index in [1.165, 1.54) is 45.6 Å². The van der Waals surface area contributed by atoms with Crippen LogP contribution in [0.5, 0.6) is 0 Å². The first kappa shape index (κ1) is 15.9. The first-order valence-electron chi connectivity index (χ1n) is 7.34. The summed E-state index contributed by atoms with van der Waals surface area (Å²) in [5.74, 6) is 0. The van der Waals surface area contributed by atoms with Gasteiger partial charge in [-0.25, -0.2) is 0 Å². The third kappa shape index (κ3) is 4.50. The molecule has 4 nitrogen and oxygen atoms in total. The lowest BCUT2D eigenvalue weighted by molar-refractivity contribution is 0.0391. The Morgan fingerprint density at radius 2 is 1.78 bits per heavy atom. The van der Waals surface area contributed by atoms with Crippen LogP contribution in [0.1, 0.15) is 26.7 Å². The predicted molar refractivity (Wildman–Crippen MR) is 78.9 cm³/mol. The molecule has 1 unspecified atom stereocenters. The molecule has 4 heteroatoms. The van der Waals surface area contributed by atoms with E-state index >= 15 is 0 Å². The number of rotatable bonds is 7. The third-order valence-corrected chi connectivity index (χ3v) is 4.23. The van der Waals surface area contributed by atoms with E-state index in [0.717, 1.165) is 13.1 Å². The summed E-state index contributed by atoms with van der Waals surface area (Å²) < 4.78 is 0. The zero-order valence-electron chi connectivity index (χ0n) is 12.8. The maximum Gasteiger partial charge on any atom is 0.0304 e.